The molecule has 0 atom stereocenters. The highest BCUT2D eigenvalue weighted by Gasteiger charge is 2.17. The minimum atomic E-state index is -0.677. The van der Waals surface area contributed by atoms with E-state index in [1.165, 1.54) is 0 Å². The van der Waals surface area contributed by atoms with Crippen LogP contribution in [0.1, 0.15) is 19.4 Å². The van der Waals surface area contributed by atoms with Gasteiger partial charge in [-0.3, -0.25) is 5.43 Å². The van der Waals surface area contributed by atoms with Gasteiger partial charge in [-0.25, -0.2) is 26.5 Å². The van der Waals surface area contributed by atoms with Crippen molar-refractivity contribution in [2.24, 2.45) is 11.7 Å². The molecule has 0 saturated heterocycles. The van der Waals surface area contributed by atoms with Gasteiger partial charge in [0.05, 0.1) is 5.69 Å². The number of carbonyl (C=O) groups excluding carboxylic acids is 1. The average molecular weight is 417 g/mol. The lowest BCUT2D eigenvalue weighted by Gasteiger charge is -2.20. The third kappa shape index (κ3) is 5.34. The molecule has 0 fully saturated rings. The van der Waals surface area contributed by atoms with E-state index in [-0.39, 0.29) is 6.61 Å². The number of nitrogens with two attached hydrogens (primary N) is 2. The van der Waals surface area contributed by atoms with Gasteiger partial charge in [0, 0.05) is 16.7 Å². The van der Waals surface area contributed by atoms with Gasteiger partial charge in [0.15, 0.2) is 0 Å². The van der Waals surface area contributed by atoms with Crippen LogP contribution in [0.3, 0.4) is 0 Å². The molecule has 5 N–H and O–H groups in total. The van der Waals surface area contributed by atoms with E-state index in [0.29, 0.717) is 26.8 Å². The Morgan fingerprint density at radius 3 is 2.62 bits per heavy atom. The number of benzene rings is 1. The molecule has 0 saturated carbocycles. The predicted octanol–water partition coefficient (Wildman–Crippen LogP) is 3.37. The first kappa shape index (κ1) is 20.2. The molecule has 0 bridgehead atoms. The zero-order valence-electron chi connectivity index (χ0n) is 13.3. The topological polar surface area (TPSA) is 106 Å². The fourth-order valence-electron chi connectivity index (χ4n) is 1.71. The fourth-order valence-corrected chi connectivity index (χ4v) is 2.26. The van der Waals surface area contributed by atoms with Crippen molar-refractivity contribution >= 4 is 39.2 Å². The first-order chi connectivity index (χ1) is 11.5. The monoisotopic (exact) mass is 415 g/mol. The van der Waals surface area contributed by atoms with Gasteiger partial charge in [-0.2, -0.15) is 0 Å². The van der Waals surface area contributed by atoms with Crippen LogP contribution in [0.25, 0.3) is 0 Å². The van der Waals surface area contributed by atoms with Crippen molar-refractivity contribution in [3.63, 3.8) is 0 Å². The maximum atomic E-state index is 11.6. The highest BCUT2D eigenvalue weighted by Crippen LogP contribution is 2.27. The molecule has 0 unspecified atom stereocenters. The third-order valence-electron chi connectivity index (χ3n) is 2.75. The number of nitrogens with one attached hydrogen (secondary N) is 1. The second kappa shape index (κ2) is 10.1. The van der Waals surface area contributed by atoms with Crippen LogP contribution in [0.15, 0.2) is 41.0 Å². The van der Waals surface area contributed by atoms with Crippen LogP contribution in [-0.4, -0.2) is 11.0 Å². The van der Waals surface area contributed by atoms with Gasteiger partial charge in [0.1, 0.15) is 11.2 Å². The number of carbonyl (C=O) groups is 1. The number of rotatable bonds is 4. The molecule has 1 aromatic carbocycles. The maximum absolute atomic E-state index is 11.6. The molecule has 1 heterocycles. The summed E-state index contributed by atoms with van der Waals surface area (Å²) in [6.07, 6.45) is 0. The number of aromatic nitrogens is 1. The molecule has 2 rings (SSSR count). The molecule has 0 radical (unpaired) electrons. The number of pyridine rings is 1. The van der Waals surface area contributed by atoms with Gasteiger partial charge in [-0.15, -0.1) is 0 Å². The summed E-state index contributed by atoms with van der Waals surface area (Å²) >= 11 is 9.42. The first-order valence-corrected chi connectivity index (χ1v) is 8.28. The summed E-state index contributed by atoms with van der Waals surface area (Å²) in [5, 5.41) is 1.27. The Balaban J connectivity index is 0.00000139. The largest absolute Gasteiger partial charge is 0.473 e. The molecule has 0 spiro atoms. The van der Waals surface area contributed by atoms with Crippen molar-refractivity contribution in [1.82, 2.24) is 10.4 Å². The first-order valence-electron chi connectivity index (χ1n) is 7.11. The molecule has 2 aromatic rings. The van der Waals surface area contributed by atoms with E-state index in [0.717, 1.165) is 5.01 Å². The zero-order valence-corrected chi connectivity index (χ0v) is 15.6. The number of hydrogen-bond acceptors (Lipinski definition) is 5. The molecule has 0 aliphatic carbocycles. The highest BCUT2D eigenvalue weighted by molar-refractivity contribution is 9.10. The minimum absolute atomic E-state index is 0.0873. The second-order valence-electron chi connectivity index (χ2n) is 4.14. The Labute approximate surface area is 154 Å². The highest BCUT2D eigenvalue weighted by atomic mass is 79.9. The summed E-state index contributed by atoms with van der Waals surface area (Å²) in [6.45, 7) is 4.09. The van der Waals surface area contributed by atoms with Crippen molar-refractivity contribution in [2.75, 3.05) is 5.01 Å². The van der Waals surface area contributed by atoms with Crippen molar-refractivity contribution in [1.29, 1.82) is 0 Å². The van der Waals surface area contributed by atoms with Gasteiger partial charge in [0.2, 0.25) is 5.88 Å². The molecule has 130 valence electrons. The van der Waals surface area contributed by atoms with Crippen LogP contribution >= 0.6 is 27.5 Å². The smallest absolute Gasteiger partial charge is 0.350 e. The van der Waals surface area contributed by atoms with E-state index in [1.807, 2.05) is 19.3 Å². The summed E-state index contributed by atoms with van der Waals surface area (Å²) in [5.74, 6) is 11.2. The summed E-state index contributed by atoms with van der Waals surface area (Å²) in [4.78, 5) is 15.7. The van der Waals surface area contributed by atoms with Crippen LogP contribution in [0, 0.1) is 0 Å². The van der Waals surface area contributed by atoms with Crippen LogP contribution < -0.4 is 26.9 Å². The number of halogens is 2. The lowest BCUT2D eigenvalue weighted by atomic mass is 10.2. The van der Waals surface area contributed by atoms with Crippen LogP contribution in [0.5, 0.6) is 5.88 Å². The summed E-state index contributed by atoms with van der Waals surface area (Å²) in [5.41, 5.74) is 2.87. The Morgan fingerprint density at radius 2 is 2.00 bits per heavy atom. The zero-order chi connectivity index (χ0) is 18.1. The lowest BCUT2D eigenvalue weighted by molar-refractivity contribution is 0.246. The molecule has 0 aliphatic heterocycles. The maximum Gasteiger partial charge on any atom is 0.350 e. The fraction of sp³-hybridized carbons (Fsp3) is 0.200. The molecular weight excluding hydrogens is 398 g/mol. The number of nitrogens with zero attached hydrogens (tertiary/aromatic N) is 2. The van der Waals surface area contributed by atoms with Gasteiger partial charge >= 0.3 is 6.03 Å². The van der Waals surface area contributed by atoms with Crippen LogP contribution in [0.4, 0.5) is 10.5 Å². The quantitative estimate of drug-likeness (QED) is 0.307. The van der Waals surface area contributed by atoms with Gasteiger partial charge < -0.3 is 4.74 Å². The standard InChI is InChI=1S/C13H13BrClN5O2.C2H6/c14-11-5-2-6-12(18-11)22-7-8-9(15)3-1-4-10(8)20(17)13(21)19-16;1-2/h1-6H,7,16-17H2,(H,19,21);1-2H3. The predicted molar refractivity (Wildman–Crippen MR) is 98.5 cm³/mol. The van der Waals surface area contributed by atoms with E-state index in [9.17, 15) is 4.79 Å². The molecule has 7 nitrogen and oxygen atoms in total. The van der Waals surface area contributed by atoms with Crippen molar-refractivity contribution in [3.8, 4) is 5.88 Å². The Kier molecular flexibility index (Phi) is 8.48. The Bertz CT molecular complexity index is 687. The molecule has 2 amide bonds. The molecule has 1 aromatic heterocycles. The van der Waals surface area contributed by atoms with Gasteiger partial charge in [0.25, 0.3) is 0 Å². The summed E-state index contributed by atoms with van der Waals surface area (Å²) < 4.78 is 6.23. The van der Waals surface area contributed by atoms with Crippen molar-refractivity contribution < 1.29 is 9.53 Å². The van der Waals surface area contributed by atoms with Gasteiger partial charge in [-0.1, -0.05) is 37.6 Å². The molecule has 0 aliphatic rings. The number of urea groups is 1. The third-order valence-corrected chi connectivity index (χ3v) is 3.55. The van der Waals surface area contributed by atoms with E-state index < -0.39 is 6.03 Å². The van der Waals surface area contributed by atoms with E-state index >= 15 is 0 Å². The van der Waals surface area contributed by atoms with E-state index in [4.69, 9.17) is 28.0 Å². The second-order valence-corrected chi connectivity index (χ2v) is 5.36. The van der Waals surface area contributed by atoms with Crippen molar-refractivity contribution in [3.05, 3.63) is 51.6 Å². The Hall–Kier alpha value is -1.87. The number of hydrazine groups is 2. The normalized spacial score (nSPS) is 9.58. The van der Waals surface area contributed by atoms with Crippen LogP contribution in [0.2, 0.25) is 5.02 Å². The van der Waals surface area contributed by atoms with E-state index in [2.05, 4.69) is 20.9 Å². The number of ether oxygens (including phenoxy) is 1. The number of anilines is 1. The van der Waals surface area contributed by atoms with Crippen LogP contribution in [-0.2, 0) is 6.61 Å². The lowest BCUT2D eigenvalue weighted by Crippen LogP contribution is -2.48. The average Bonchev–Trinajstić information content (AvgIpc) is 2.61. The Morgan fingerprint density at radius 1 is 1.33 bits per heavy atom. The van der Waals surface area contributed by atoms with Gasteiger partial charge in [-0.05, 0) is 34.1 Å². The van der Waals surface area contributed by atoms with E-state index in [1.54, 1.807) is 36.4 Å². The number of amides is 2. The molecule has 9 heteroatoms. The molecule has 24 heavy (non-hydrogen) atoms. The SMILES string of the molecule is CC.NNC(=O)N(N)c1cccc(Cl)c1COc1cccc(Br)n1. The minimum Gasteiger partial charge on any atom is -0.473 e. The summed E-state index contributed by atoms with van der Waals surface area (Å²) in [7, 11) is 0. The summed E-state index contributed by atoms with van der Waals surface area (Å²) in [6, 6.07) is 9.57. The number of hydrogen-bond donors (Lipinski definition) is 3. The van der Waals surface area contributed by atoms with Crippen molar-refractivity contribution in [2.45, 2.75) is 20.5 Å². The molecular formula is C15H19BrClN5O2.